The predicted octanol–water partition coefficient (Wildman–Crippen LogP) is 3.53. The molecule has 2 aromatic rings. The first kappa shape index (κ1) is 21.9. The number of phenolic OH excluding ortho intramolecular Hbond substituents is 1. The zero-order valence-corrected chi connectivity index (χ0v) is 18.8. The normalized spacial score (nSPS) is 19.0. The quantitative estimate of drug-likeness (QED) is 0.503. The molecule has 1 aromatic carbocycles. The lowest BCUT2D eigenvalue weighted by atomic mass is 10.0. The van der Waals surface area contributed by atoms with Crippen molar-refractivity contribution in [2.24, 2.45) is 5.10 Å². The monoisotopic (exact) mass is 438 g/mol. The third-order valence-corrected chi connectivity index (χ3v) is 6.11. The lowest BCUT2D eigenvalue weighted by Crippen LogP contribution is -2.55. The third-order valence-electron chi connectivity index (χ3n) is 6.11. The number of rotatable bonds is 7. The van der Waals surface area contributed by atoms with E-state index in [0.29, 0.717) is 35.6 Å². The lowest BCUT2D eigenvalue weighted by Gasteiger charge is -2.43. The Kier molecular flexibility index (Phi) is 6.43. The molecule has 1 aliphatic heterocycles. The van der Waals surface area contributed by atoms with E-state index in [1.54, 1.807) is 36.3 Å². The van der Waals surface area contributed by atoms with Crippen LogP contribution in [0.25, 0.3) is 0 Å². The van der Waals surface area contributed by atoms with E-state index in [1.807, 2.05) is 13.8 Å². The summed E-state index contributed by atoms with van der Waals surface area (Å²) in [5, 5.41) is 14.5. The molecule has 170 valence electrons. The second-order valence-corrected chi connectivity index (χ2v) is 8.07. The number of benzene rings is 1. The van der Waals surface area contributed by atoms with Crippen LogP contribution in [0.15, 0.2) is 29.5 Å². The van der Waals surface area contributed by atoms with Crippen LogP contribution in [0.5, 0.6) is 11.5 Å². The van der Waals surface area contributed by atoms with Gasteiger partial charge >= 0.3 is 0 Å². The number of aromatic hydroxyl groups is 1. The minimum absolute atomic E-state index is 0.0320. The van der Waals surface area contributed by atoms with Gasteiger partial charge in [0.1, 0.15) is 11.7 Å². The molecule has 9 heteroatoms. The highest BCUT2D eigenvalue weighted by Crippen LogP contribution is 2.39. The first-order valence-corrected chi connectivity index (χ1v) is 11.2. The maximum Gasteiger partial charge on any atom is 0.249 e. The number of hydrazone groups is 1. The van der Waals surface area contributed by atoms with Crippen LogP contribution in [0.4, 0.5) is 17.5 Å². The molecule has 2 aliphatic rings. The zero-order valence-electron chi connectivity index (χ0n) is 18.8. The Morgan fingerprint density at radius 1 is 1.31 bits per heavy atom. The number of likely N-dealkylation sites (N-methyl/N-ethyl adjacent to an activating group) is 1. The van der Waals surface area contributed by atoms with Gasteiger partial charge in [0.15, 0.2) is 17.3 Å². The molecule has 1 amide bonds. The first-order valence-electron chi connectivity index (χ1n) is 11.2. The average molecular weight is 439 g/mol. The summed E-state index contributed by atoms with van der Waals surface area (Å²) >= 11 is 0. The molecule has 0 bridgehead atoms. The van der Waals surface area contributed by atoms with Crippen LogP contribution >= 0.6 is 0 Å². The molecular weight excluding hydrogens is 408 g/mol. The van der Waals surface area contributed by atoms with Crippen LogP contribution in [-0.4, -0.2) is 52.9 Å². The van der Waals surface area contributed by atoms with Gasteiger partial charge in [-0.25, -0.2) is 10.4 Å². The molecule has 1 saturated carbocycles. The van der Waals surface area contributed by atoms with Crippen molar-refractivity contribution in [3.05, 3.63) is 30.0 Å². The fourth-order valence-electron chi connectivity index (χ4n) is 4.51. The van der Waals surface area contributed by atoms with Crippen molar-refractivity contribution in [3.63, 3.8) is 0 Å². The van der Waals surface area contributed by atoms with Crippen LogP contribution in [0.3, 0.4) is 0 Å². The van der Waals surface area contributed by atoms with Crippen molar-refractivity contribution in [1.82, 2.24) is 9.97 Å². The van der Waals surface area contributed by atoms with E-state index in [4.69, 9.17) is 9.72 Å². The predicted molar refractivity (Wildman–Crippen MR) is 125 cm³/mol. The maximum atomic E-state index is 13.0. The number of ether oxygens (including phenoxy) is 1. The van der Waals surface area contributed by atoms with Gasteiger partial charge in [-0.1, -0.05) is 25.8 Å². The van der Waals surface area contributed by atoms with E-state index >= 15 is 0 Å². The van der Waals surface area contributed by atoms with Crippen LogP contribution in [0.2, 0.25) is 0 Å². The summed E-state index contributed by atoms with van der Waals surface area (Å²) in [7, 11) is 1.78. The molecular formula is C23H30N6O3. The molecule has 0 spiro atoms. The molecule has 1 aromatic heterocycles. The molecule has 1 aliphatic carbocycles. The molecule has 4 rings (SSSR count). The number of fused-ring (bicyclic) bond motifs is 1. The van der Waals surface area contributed by atoms with E-state index < -0.39 is 0 Å². The van der Waals surface area contributed by atoms with Gasteiger partial charge in [0, 0.05) is 18.7 Å². The summed E-state index contributed by atoms with van der Waals surface area (Å²) in [6.07, 6.45) is 8.35. The summed E-state index contributed by atoms with van der Waals surface area (Å²) < 4.78 is 5.41. The first-order chi connectivity index (χ1) is 15.5. The Morgan fingerprint density at radius 2 is 2.09 bits per heavy atom. The third kappa shape index (κ3) is 4.06. The topological polar surface area (TPSA) is 103 Å². The molecule has 0 saturated heterocycles. The number of carbonyl (C=O) groups is 1. The van der Waals surface area contributed by atoms with Crippen molar-refractivity contribution in [2.75, 3.05) is 28.9 Å². The van der Waals surface area contributed by atoms with Gasteiger partial charge < -0.3 is 19.6 Å². The lowest BCUT2D eigenvalue weighted by molar-refractivity contribution is -0.120. The second-order valence-electron chi connectivity index (χ2n) is 8.07. The molecule has 2 N–H and O–H groups in total. The van der Waals surface area contributed by atoms with Crippen LogP contribution < -0.4 is 20.0 Å². The minimum atomic E-state index is -0.222. The van der Waals surface area contributed by atoms with E-state index in [-0.39, 0.29) is 17.7 Å². The van der Waals surface area contributed by atoms with Crippen molar-refractivity contribution >= 4 is 29.6 Å². The Morgan fingerprint density at radius 3 is 2.81 bits per heavy atom. The number of para-hydroxylation sites is 1. The van der Waals surface area contributed by atoms with Crippen molar-refractivity contribution in [2.45, 2.75) is 58.0 Å². The number of anilines is 3. The highest BCUT2D eigenvalue weighted by Gasteiger charge is 2.41. The number of carbonyl (C=O) groups excluding carboxylic acids is 1. The van der Waals surface area contributed by atoms with Crippen LogP contribution in [0.1, 0.15) is 51.5 Å². The number of nitrogens with zero attached hydrogens (tertiary/aromatic N) is 5. The zero-order chi connectivity index (χ0) is 22.7. The minimum Gasteiger partial charge on any atom is -0.504 e. The highest BCUT2D eigenvalue weighted by molar-refractivity contribution is 6.04. The molecule has 1 atom stereocenters. The average Bonchev–Trinajstić information content (AvgIpc) is 3.33. The van der Waals surface area contributed by atoms with E-state index in [1.165, 1.54) is 19.1 Å². The number of phenols is 1. The Labute approximate surface area is 188 Å². The fourth-order valence-corrected chi connectivity index (χ4v) is 4.51. The van der Waals surface area contributed by atoms with E-state index in [9.17, 15) is 9.90 Å². The van der Waals surface area contributed by atoms with Crippen molar-refractivity contribution in [1.29, 1.82) is 0 Å². The van der Waals surface area contributed by atoms with Gasteiger partial charge in [0.25, 0.3) is 0 Å². The van der Waals surface area contributed by atoms with Crippen LogP contribution in [0, 0.1) is 0 Å². The van der Waals surface area contributed by atoms with Crippen LogP contribution in [-0.2, 0) is 4.79 Å². The second kappa shape index (κ2) is 9.42. The van der Waals surface area contributed by atoms with Crippen molar-refractivity contribution in [3.8, 4) is 11.5 Å². The Balaban J connectivity index is 1.60. The van der Waals surface area contributed by atoms with Gasteiger partial charge in [-0.05, 0) is 38.3 Å². The summed E-state index contributed by atoms with van der Waals surface area (Å²) in [6.45, 7) is 4.36. The van der Waals surface area contributed by atoms with Gasteiger partial charge in [-0.15, -0.1) is 0 Å². The molecule has 32 heavy (non-hydrogen) atoms. The molecule has 1 fully saturated rings. The number of hydrogen-bond donors (Lipinski definition) is 2. The van der Waals surface area contributed by atoms with Gasteiger partial charge in [-0.3, -0.25) is 4.79 Å². The summed E-state index contributed by atoms with van der Waals surface area (Å²) in [4.78, 5) is 25.9. The standard InChI is InChI=1S/C23H30N6O3/c1-4-17-22(31)28(3)18-14-24-23(26-21(18)29(17)16-10-6-7-11-16)27-25-13-15-9-8-12-19(20(15)30)32-5-2/h8-9,12-14,16-17,30H,4-7,10-11H2,1-3H3,(H,24,26,27). The van der Waals surface area contributed by atoms with E-state index in [0.717, 1.165) is 25.1 Å². The Bertz CT molecular complexity index is 1010. The smallest absolute Gasteiger partial charge is 0.249 e. The number of aromatic nitrogens is 2. The van der Waals surface area contributed by atoms with E-state index in [2.05, 4.69) is 20.4 Å². The van der Waals surface area contributed by atoms with Gasteiger partial charge in [0.05, 0.1) is 19.0 Å². The largest absolute Gasteiger partial charge is 0.504 e. The number of hydrogen-bond acceptors (Lipinski definition) is 8. The molecule has 0 radical (unpaired) electrons. The SMILES string of the molecule is CCOc1cccc(C=NNc2ncc3c(n2)N(C2CCCC2)C(CC)C(=O)N3C)c1O. The number of nitrogens with one attached hydrogen (secondary N) is 1. The van der Waals surface area contributed by atoms with Crippen molar-refractivity contribution < 1.29 is 14.6 Å². The summed E-state index contributed by atoms with van der Waals surface area (Å²) in [5.74, 6) is 1.62. The molecule has 9 nitrogen and oxygen atoms in total. The molecule has 1 unspecified atom stereocenters. The maximum absolute atomic E-state index is 13.0. The van der Waals surface area contributed by atoms with Gasteiger partial charge in [-0.2, -0.15) is 10.1 Å². The highest BCUT2D eigenvalue weighted by atomic mass is 16.5. The fraction of sp³-hybridized carbons (Fsp3) is 0.478. The Hall–Kier alpha value is -3.36. The van der Waals surface area contributed by atoms with Gasteiger partial charge in [0.2, 0.25) is 11.9 Å². The molecule has 2 heterocycles. The summed E-state index contributed by atoms with van der Waals surface area (Å²) in [5.41, 5.74) is 4.09. The number of amides is 1. The summed E-state index contributed by atoms with van der Waals surface area (Å²) in [6, 6.07) is 5.32.